The van der Waals surface area contributed by atoms with E-state index in [2.05, 4.69) is 15.7 Å². The van der Waals surface area contributed by atoms with Crippen LogP contribution in [0, 0.1) is 6.92 Å². The van der Waals surface area contributed by atoms with Gasteiger partial charge >= 0.3 is 0 Å². The highest BCUT2D eigenvalue weighted by atomic mass is 16.5. The SMILES string of the molecule is Cc1cc(C(=O)NN=C/C=C/c2ccco2)no1. The summed E-state index contributed by atoms with van der Waals surface area (Å²) in [6.07, 6.45) is 6.38. The summed E-state index contributed by atoms with van der Waals surface area (Å²) in [6.45, 7) is 1.71. The van der Waals surface area contributed by atoms with Gasteiger partial charge in [-0.3, -0.25) is 4.79 Å². The summed E-state index contributed by atoms with van der Waals surface area (Å²) < 4.78 is 9.85. The molecule has 1 N–H and O–H groups in total. The van der Waals surface area contributed by atoms with Gasteiger partial charge in [-0.15, -0.1) is 0 Å². The minimum absolute atomic E-state index is 0.194. The second-order valence-corrected chi connectivity index (χ2v) is 3.42. The van der Waals surface area contributed by atoms with E-state index < -0.39 is 5.91 Å². The maximum atomic E-state index is 11.5. The van der Waals surface area contributed by atoms with Crippen LogP contribution in [-0.4, -0.2) is 17.3 Å². The average Bonchev–Trinajstić information content (AvgIpc) is 2.99. The Labute approximate surface area is 103 Å². The molecule has 0 aliphatic heterocycles. The minimum atomic E-state index is -0.422. The van der Waals surface area contributed by atoms with E-state index in [1.54, 1.807) is 37.5 Å². The molecule has 6 heteroatoms. The van der Waals surface area contributed by atoms with Crippen molar-refractivity contribution in [3.8, 4) is 0 Å². The molecule has 92 valence electrons. The standard InChI is InChI=1S/C12H11N3O3/c1-9-8-11(15-18-9)12(16)14-13-6-2-4-10-5-3-7-17-10/h2-8H,1H3,(H,14,16)/b4-2+,13-6?. The first-order valence-electron chi connectivity index (χ1n) is 5.22. The monoisotopic (exact) mass is 245 g/mol. The Bertz CT molecular complexity index is 567. The highest BCUT2D eigenvalue weighted by Crippen LogP contribution is 2.01. The van der Waals surface area contributed by atoms with E-state index in [1.165, 1.54) is 12.3 Å². The van der Waals surface area contributed by atoms with Gasteiger partial charge in [0.05, 0.1) is 6.26 Å². The lowest BCUT2D eigenvalue weighted by molar-refractivity contribution is 0.0946. The molecule has 0 unspecified atom stereocenters. The Kier molecular flexibility index (Phi) is 3.70. The number of hydrazone groups is 1. The number of hydrogen-bond donors (Lipinski definition) is 1. The van der Waals surface area contributed by atoms with Crippen molar-refractivity contribution in [2.45, 2.75) is 6.92 Å². The fourth-order valence-electron chi connectivity index (χ4n) is 1.19. The molecule has 2 heterocycles. The second-order valence-electron chi connectivity index (χ2n) is 3.42. The summed E-state index contributed by atoms with van der Waals surface area (Å²) >= 11 is 0. The van der Waals surface area contributed by atoms with Crippen molar-refractivity contribution in [3.63, 3.8) is 0 Å². The number of rotatable bonds is 4. The number of hydrogen-bond acceptors (Lipinski definition) is 5. The number of carbonyl (C=O) groups excluding carboxylic acids is 1. The Balaban J connectivity index is 1.83. The fourth-order valence-corrected chi connectivity index (χ4v) is 1.19. The molecule has 0 bridgehead atoms. The zero-order valence-electron chi connectivity index (χ0n) is 9.66. The van der Waals surface area contributed by atoms with Crippen LogP contribution in [-0.2, 0) is 0 Å². The summed E-state index contributed by atoms with van der Waals surface area (Å²) in [4.78, 5) is 11.5. The van der Waals surface area contributed by atoms with Gasteiger partial charge < -0.3 is 8.94 Å². The molecular weight excluding hydrogens is 234 g/mol. The number of allylic oxidation sites excluding steroid dienone is 1. The maximum absolute atomic E-state index is 11.5. The number of furan rings is 1. The smallest absolute Gasteiger partial charge is 0.293 e. The van der Waals surface area contributed by atoms with Crippen LogP contribution in [0.1, 0.15) is 22.0 Å². The Morgan fingerprint density at radius 1 is 1.56 bits per heavy atom. The molecule has 0 aliphatic carbocycles. The number of aryl methyl sites for hydroxylation is 1. The van der Waals surface area contributed by atoms with Gasteiger partial charge in [0.25, 0.3) is 5.91 Å². The zero-order valence-corrected chi connectivity index (χ0v) is 9.66. The third-order valence-corrected chi connectivity index (χ3v) is 1.99. The molecule has 0 saturated heterocycles. The van der Waals surface area contributed by atoms with E-state index in [-0.39, 0.29) is 5.69 Å². The minimum Gasteiger partial charge on any atom is -0.465 e. The molecule has 6 nitrogen and oxygen atoms in total. The van der Waals surface area contributed by atoms with E-state index in [0.717, 1.165) is 0 Å². The summed E-state index contributed by atoms with van der Waals surface area (Å²) in [5, 5.41) is 7.28. The summed E-state index contributed by atoms with van der Waals surface area (Å²) in [5.41, 5.74) is 2.51. The molecule has 0 atom stereocenters. The average molecular weight is 245 g/mol. The highest BCUT2D eigenvalue weighted by molar-refractivity contribution is 5.92. The Morgan fingerprint density at radius 3 is 3.11 bits per heavy atom. The number of carbonyl (C=O) groups is 1. The van der Waals surface area contributed by atoms with Crippen molar-refractivity contribution >= 4 is 18.2 Å². The second kappa shape index (κ2) is 5.62. The van der Waals surface area contributed by atoms with Gasteiger partial charge in [0.15, 0.2) is 5.69 Å². The summed E-state index contributed by atoms with van der Waals surface area (Å²) in [6, 6.07) is 5.12. The lowest BCUT2D eigenvalue weighted by Gasteiger charge is -1.91. The molecule has 1 amide bonds. The predicted molar refractivity (Wildman–Crippen MR) is 64.9 cm³/mol. The molecule has 0 saturated carbocycles. The van der Waals surface area contributed by atoms with Crippen LogP contribution in [0.4, 0.5) is 0 Å². The third kappa shape index (κ3) is 3.18. The van der Waals surface area contributed by atoms with Crippen LogP contribution in [0.3, 0.4) is 0 Å². The van der Waals surface area contributed by atoms with Crippen molar-refractivity contribution in [1.82, 2.24) is 10.6 Å². The van der Waals surface area contributed by atoms with Gasteiger partial charge in [0, 0.05) is 12.3 Å². The molecular formula is C12H11N3O3. The van der Waals surface area contributed by atoms with Crippen LogP contribution in [0.15, 0.2) is 44.6 Å². The first-order chi connectivity index (χ1) is 8.75. The van der Waals surface area contributed by atoms with Crippen molar-refractivity contribution in [3.05, 3.63) is 47.8 Å². The molecule has 0 spiro atoms. The van der Waals surface area contributed by atoms with E-state index in [9.17, 15) is 4.79 Å². The van der Waals surface area contributed by atoms with Crippen molar-refractivity contribution < 1.29 is 13.7 Å². The van der Waals surface area contributed by atoms with Crippen molar-refractivity contribution in [2.24, 2.45) is 5.10 Å². The van der Waals surface area contributed by atoms with Crippen LogP contribution < -0.4 is 5.43 Å². The highest BCUT2D eigenvalue weighted by Gasteiger charge is 2.08. The van der Waals surface area contributed by atoms with E-state index in [4.69, 9.17) is 8.94 Å². The first kappa shape index (κ1) is 11.8. The largest absolute Gasteiger partial charge is 0.465 e. The van der Waals surface area contributed by atoms with Crippen LogP contribution in [0.25, 0.3) is 6.08 Å². The van der Waals surface area contributed by atoms with Crippen LogP contribution in [0.2, 0.25) is 0 Å². The molecule has 0 fully saturated rings. The molecule has 0 aromatic carbocycles. The van der Waals surface area contributed by atoms with Gasteiger partial charge in [-0.25, -0.2) is 5.43 Å². The van der Waals surface area contributed by atoms with Crippen molar-refractivity contribution in [1.29, 1.82) is 0 Å². The van der Waals surface area contributed by atoms with E-state index >= 15 is 0 Å². The number of nitrogens with one attached hydrogen (secondary N) is 1. The molecule has 2 aromatic heterocycles. The predicted octanol–water partition coefficient (Wildman–Crippen LogP) is 2.01. The molecule has 0 aliphatic rings. The zero-order chi connectivity index (χ0) is 12.8. The Hall–Kier alpha value is -2.63. The number of amides is 1. The van der Waals surface area contributed by atoms with E-state index in [0.29, 0.717) is 11.5 Å². The summed E-state index contributed by atoms with van der Waals surface area (Å²) in [7, 11) is 0. The fraction of sp³-hybridized carbons (Fsp3) is 0.0833. The van der Waals surface area contributed by atoms with Gasteiger partial charge in [0.2, 0.25) is 0 Å². The molecule has 18 heavy (non-hydrogen) atoms. The third-order valence-electron chi connectivity index (χ3n) is 1.99. The van der Waals surface area contributed by atoms with Gasteiger partial charge in [-0.2, -0.15) is 5.10 Å². The van der Waals surface area contributed by atoms with Gasteiger partial charge in [0.1, 0.15) is 11.5 Å². The maximum Gasteiger partial charge on any atom is 0.293 e. The normalized spacial score (nSPS) is 11.4. The molecule has 2 aromatic rings. The number of nitrogens with zero attached hydrogens (tertiary/aromatic N) is 2. The Morgan fingerprint density at radius 2 is 2.44 bits per heavy atom. The molecule has 2 rings (SSSR count). The van der Waals surface area contributed by atoms with Gasteiger partial charge in [-0.1, -0.05) is 5.16 Å². The lowest BCUT2D eigenvalue weighted by atomic mass is 10.4. The van der Waals surface area contributed by atoms with Gasteiger partial charge in [-0.05, 0) is 31.2 Å². The first-order valence-corrected chi connectivity index (χ1v) is 5.22. The quantitative estimate of drug-likeness (QED) is 0.659. The van der Waals surface area contributed by atoms with Crippen molar-refractivity contribution in [2.75, 3.05) is 0 Å². The summed E-state index contributed by atoms with van der Waals surface area (Å²) in [5.74, 6) is 0.858. The van der Waals surface area contributed by atoms with E-state index in [1.807, 2.05) is 0 Å². The topological polar surface area (TPSA) is 80.6 Å². The lowest BCUT2D eigenvalue weighted by Crippen LogP contribution is -2.17. The van der Waals surface area contributed by atoms with Crippen LogP contribution in [0.5, 0.6) is 0 Å². The van der Waals surface area contributed by atoms with Crippen LogP contribution >= 0.6 is 0 Å². The number of aromatic nitrogens is 1. The molecule has 0 radical (unpaired) electrons.